The lowest BCUT2D eigenvalue weighted by Crippen LogP contribution is -2.35. The highest BCUT2D eigenvalue weighted by atomic mass is 32.2. The Balaban J connectivity index is 1.87. The minimum absolute atomic E-state index is 0.0273. The second-order valence-corrected chi connectivity index (χ2v) is 6.48. The van der Waals surface area contributed by atoms with Crippen molar-refractivity contribution in [3.63, 3.8) is 0 Å². The van der Waals surface area contributed by atoms with E-state index in [0.29, 0.717) is 42.3 Å². The molecular formula is C16H18N4O4S. The van der Waals surface area contributed by atoms with Crippen molar-refractivity contribution in [2.45, 2.75) is 24.7 Å². The summed E-state index contributed by atoms with van der Waals surface area (Å²) < 4.78 is 5.11. The molecule has 0 unspecified atom stereocenters. The molecule has 0 fully saturated rings. The Bertz CT molecular complexity index is 868. The van der Waals surface area contributed by atoms with Gasteiger partial charge in [0.1, 0.15) is 0 Å². The van der Waals surface area contributed by atoms with E-state index in [4.69, 9.17) is 4.74 Å². The van der Waals surface area contributed by atoms with Gasteiger partial charge in [0.05, 0.1) is 23.3 Å². The van der Waals surface area contributed by atoms with E-state index in [0.717, 1.165) is 5.69 Å². The highest BCUT2D eigenvalue weighted by Gasteiger charge is 2.25. The molecule has 0 saturated heterocycles. The minimum Gasteiger partial charge on any atom is -0.490 e. The summed E-state index contributed by atoms with van der Waals surface area (Å²) in [5.74, 6) is 0.240. The van der Waals surface area contributed by atoms with Gasteiger partial charge in [0, 0.05) is 31.6 Å². The summed E-state index contributed by atoms with van der Waals surface area (Å²) in [4.78, 5) is 32.5. The third-order valence-corrected chi connectivity index (χ3v) is 4.78. The molecule has 2 heterocycles. The molecule has 2 aromatic rings. The Morgan fingerprint density at radius 2 is 2.28 bits per heavy atom. The molecule has 0 saturated carbocycles. The third-order valence-electron chi connectivity index (χ3n) is 4.20. The fraction of sp³-hybridized carbons (Fsp3) is 0.375. The van der Waals surface area contributed by atoms with Crippen molar-refractivity contribution in [2.75, 3.05) is 19.9 Å². The molecule has 25 heavy (non-hydrogen) atoms. The van der Waals surface area contributed by atoms with E-state index in [1.54, 1.807) is 18.2 Å². The van der Waals surface area contributed by atoms with E-state index < -0.39 is 4.92 Å². The number of nitro benzene ring substituents is 1. The first kappa shape index (κ1) is 17.4. The van der Waals surface area contributed by atoms with Crippen LogP contribution in [-0.4, -0.2) is 39.7 Å². The Kier molecular flexibility index (Phi) is 5.05. The summed E-state index contributed by atoms with van der Waals surface area (Å²) in [5, 5.41) is 12.0. The number of ether oxygens (including phenoxy) is 1. The number of fused-ring (bicyclic) bond motifs is 1. The zero-order valence-electron chi connectivity index (χ0n) is 13.9. The Labute approximate surface area is 148 Å². The van der Waals surface area contributed by atoms with Gasteiger partial charge in [0.15, 0.2) is 10.9 Å². The van der Waals surface area contributed by atoms with Crippen LogP contribution in [0, 0.1) is 10.1 Å². The van der Waals surface area contributed by atoms with Crippen LogP contribution in [0.2, 0.25) is 0 Å². The van der Waals surface area contributed by atoms with Gasteiger partial charge < -0.3 is 9.72 Å². The van der Waals surface area contributed by atoms with Gasteiger partial charge in [-0.15, -0.1) is 0 Å². The van der Waals surface area contributed by atoms with Crippen LogP contribution >= 0.6 is 11.8 Å². The van der Waals surface area contributed by atoms with E-state index in [2.05, 4.69) is 9.97 Å². The number of aromatic nitrogens is 2. The summed E-state index contributed by atoms with van der Waals surface area (Å²) >= 11 is 1.40. The SMILES string of the molecule is COc1cccc(CN2CCc3nc(SC)[nH]c(=O)c3C2)c1[N+](=O)[O-]. The predicted octanol–water partition coefficient (Wildman–Crippen LogP) is 1.97. The zero-order valence-corrected chi connectivity index (χ0v) is 14.8. The lowest BCUT2D eigenvalue weighted by Gasteiger charge is -2.27. The molecule has 1 N–H and O–H groups in total. The number of aromatic amines is 1. The number of para-hydroxylation sites is 1. The first-order chi connectivity index (χ1) is 12.0. The Morgan fingerprint density at radius 1 is 1.48 bits per heavy atom. The predicted molar refractivity (Wildman–Crippen MR) is 94.1 cm³/mol. The molecule has 3 rings (SSSR count). The minimum atomic E-state index is -0.425. The lowest BCUT2D eigenvalue weighted by molar-refractivity contribution is -0.386. The number of H-pyrrole nitrogens is 1. The lowest BCUT2D eigenvalue weighted by atomic mass is 10.1. The van der Waals surface area contributed by atoms with E-state index in [9.17, 15) is 14.9 Å². The standard InChI is InChI=1S/C16H18N4O4S/c1-24-13-5-3-4-10(14(13)20(22)23)8-19-7-6-12-11(9-19)15(21)18-16(17-12)25-2/h3-5H,6-9H2,1-2H3,(H,17,18,21). The number of methoxy groups -OCH3 is 1. The van der Waals surface area contributed by atoms with Crippen molar-refractivity contribution in [2.24, 2.45) is 0 Å². The van der Waals surface area contributed by atoms with Crippen LogP contribution in [0.15, 0.2) is 28.2 Å². The van der Waals surface area contributed by atoms with E-state index >= 15 is 0 Å². The molecule has 0 radical (unpaired) electrons. The van der Waals surface area contributed by atoms with Gasteiger partial charge in [-0.2, -0.15) is 0 Å². The molecule has 132 valence electrons. The van der Waals surface area contributed by atoms with Gasteiger partial charge in [-0.05, 0) is 12.3 Å². The van der Waals surface area contributed by atoms with Gasteiger partial charge >= 0.3 is 5.69 Å². The largest absolute Gasteiger partial charge is 0.490 e. The molecule has 1 aromatic carbocycles. The van der Waals surface area contributed by atoms with Gasteiger partial charge in [0.2, 0.25) is 0 Å². The Morgan fingerprint density at radius 3 is 2.96 bits per heavy atom. The maximum Gasteiger partial charge on any atom is 0.315 e. The number of rotatable bonds is 5. The van der Waals surface area contributed by atoms with Crippen LogP contribution in [0.25, 0.3) is 0 Å². The van der Waals surface area contributed by atoms with E-state index in [-0.39, 0.29) is 17.0 Å². The summed E-state index contributed by atoms with van der Waals surface area (Å²) in [6.07, 6.45) is 2.51. The smallest absolute Gasteiger partial charge is 0.315 e. The first-order valence-corrected chi connectivity index (χ1v) is 8.94. The highest BCUT2D eigenvalue weighted by Crippen LogP contribution is 2.32. The number of benzene rings is 1. The topological polar surface area (TPSA) is 101 Å². The Hall–Kier alpha value is -2.39. The number of hydrogen-bond donors (Lipinski definition) is 1. The summed E-state index contributed by atoms with van der Waals surface area (Å²) in [6.45, 7) is 1.48. The number of hydrogen-bond acceptors (Lipinski definition) is 7. The first-order valence-electron chi connectivity index (χ1n) is 7.72. The molecule has 0 bridgehead atoms. The molecule has 0 aliphatic carbocycles. The van der Waals surface area contributed by atoms with Crippen LogP contribution < -0.4 is 10.3 Å². The van der Waals surface area contributed by atoms with Crippen molar-refractivity contribution in [1.82, 2.24) is 14.9 Å². The van der Waals surface area contributed by atoms with Gasteiger partial charge in [-0.25, -0.2) is 4.98 Å². The van der Waals surface area contributed by atoms with Gasteiger partial charge in [-0.3, -0.25) is 19.8 Å². The zero-order chi connectivity index (χ0) is 18.0. The van der Waals surface area contributed by atoms with Crippen LogP contribution in [0.4, 0.5) is 5.69 Å². The van der Waals surface area contributed by atoms with Crippen molar-refractivity contribution < 1.29 is 9.66 Å². The van der Waals surface area contributed by atoms with Crippen molar-refractivity contribution in [3.8, 4) is 5.75 Å². The van der Waals surface area contributed by atoms with Gasteiger partial charge in [-0.1, -0.05) is 23.9 Å². The second kappa shape index (κ2) is 7.24. The van der Waals surface area contributed by atoms with Gasteiger partial charge in [0.25, 0.3) is 5.56 Å². The molecule has 1 aliphatic rings. The number of nitrogens with one attached hydrogen (secondary N) is 1. The molecule has 1 aliphatic heterocycles. The molecule has 0 atom stereocenters. The van der Waals surface area contributed by atoms with Crippen LogP contribution in [-0.2, 0) is 19.5 Å². The fourth-order valence-corrected chi connectivity index (χ4v) is 3.39. The summed E-state index contributed by atoms with van der Waals surface area (Å²) in [6, 6.07) is 5.03. The van der Waals surface area contributed by atoms with Crippen LogP contribution in [0.1, 0.15) is 16.8 Å². The van der Waals surface area contributed by atoms with Crippen LogP contribution in [0.3, 0.4) is 0 Å². The second-order valence-electron chi connectivity index (χ2n) is 5.69. The van der Waals surface area contributed by atoms with Crippen molar-refractivity contribution in [3.05, 3.63) is 55.5 Å². The van der Waals surface area contributed by atoms with E-state index in [1.807, 2.05) is 11.2 Å². The summed E-state index contributed by atoms with van der Waals surface area (Å²) in [5.41, 5.74) is 1.84. The summed E-state index contributed by atoms with van der Waals surface area (Å²) in [7, 11) is 1.41. The quantitative estimate of drug-likeness (QED) is 0.375. The normalized spacial score (nSPS) is 14.2. The molecule has 0 spiro atoms. The van der Waals surface area contributed by atoms with Crippen molar-refractivity contribution in [1.29, 1.82) is 0 Å². The van der Waals surface area contributed by atoms with E-state index in [1.165, 1.54) is 18.9 Å². The maximum absolute atomic E-state index is 12.3. The molecule has 0 amide bonds. The average molecular weight is 362 g/mol. The number of thioether (sulfide) groups is 1. The number of nitro groups is 1. The highest BCUT2D eigenvalue weighted by molar-refractivity contribution is 7.98. The molecule has 1 aromatic heterocycles. The average Bonchev–Trinajstić information content (AvgIpc) is 2.61. The van der Waals surface area contributed by atoms with Crippen LogP contribution in [0.5, 0.6) is 5.75 Å². The molecular weight excluding hydrogens is 344 g/mol. The van der Waals surface area contributed by atoms with Crippen molar-refractivity contribution >= 4 is 17.4 Å². The fourth-order valence-electron chi connectivity index (χ4n) is 3.00. The maximum atomic E-state index is 12.3. The third kappa shape index (κ3) is 3.52. The molecule has 9 heteroatoms. The monoisotopic (exact) mass is 362 g/mol. The molecule has 8 nitrogen and oxygen atoms in total. The number of nitrogens with zero attached hydrogens (tertiary/aromatic N) is 3.